The van der Waals surface area contributed by atoms with Crippen molar-refractivity contribution in [2.45, 2.75) is 0 Å². The molecule has 2 N–H and O–H groups in total. The van der Waals surface area contributed by atoms with Gasteiger partial charge in [0.1, 0.15) is 5.75 Å². The molecule has 1 aromatic heterocycles. The molecule has 76 valence electrons. The maximum absolute atomic E-state index is 10.7. The zero-order chi connectivity index (χ0) is 10.7. The van der Waals surface area contributed by atoms with Crippen LogP contribution in [0.3, 0.4) is 0 Å². The minimum Gasteiger partial charge on any atom is -0.410 e. The summed E-state index contributed by atoms with van der Waals surface area (Å²) in [6.07, 6.45) is -0.793. The first kappa shape index (κ1) is 9.73. The summed E-state index contributed by atoms with van der Waals surface area (Å²) in [6.45, 7) is 0. The van der Waals surface area contributed by atoms with Gasteiger partial charge in [0.15, 0.2) is 0 Å². The summed E-state index contributed by atoms with van der Waals surface area (Å²) in [7, 11) is 0. The lowest BCUT2D eigenvalue weighted by Crippen LogP contribution is -2.16. The summed E-state index contributed by atoms with van der Waals surface area (Å²) < 4.78 is 4.91. The van der Waals surface area contributed by atoms with Gasteiger partial charge in [-0.2, -0.15) is 0 Å². The highest BCUT2D eigenvalue weighted by Gasteiger charge is 2.08. The van der Waals surface area contributed by atoms with E-state index < -0.39 is 6.09 Å². The van der Waals surface area contributed by atoms with E-state index in [9.17, 15) is 4.79 Å². The van der Waals surface area contributed by atoms with Crippen molar-refractivity contribution < 1.29 is 9.53 Å². The molecular formula is C11H9NO2S. The molecule has 1 heterocycles. The molecule has 0 saturated heterocycles. The lowest BCUT2D eigenvalue weighted by atomic mass is 10.1. The monoisotopic (exact) mass is 219 g/mol. The number of hydrogen-bond acceptors (Lipinski definition) is 3. The molecule has 0 unspecified atom stereocenters. The lowest BCUT2D eigenvalue weighted by Gasteiger charge is -2.05. The minimum atomic E-state index is -0.793. The van der Waals surface area contributed by atoms with Crippen LogP contribution in [0, 0.1) is 0 Å². The van der Waals surface area contributed by atoms with Gasteiger partial charge in [-0.1, -0.05) is 18.2 Å². The summed E-state index contributed by atoms with van der Waals surface area (Å²) in [4.78, 5) is 11.7. The van der Waals surface area contributed by atoms with Gasteiger partial charge < -0.3 is 10.5 Å². The summed E-state index contributed by atoms with van der Waals surface area (Å²) in [5.41, 5.74) is 5.87. The molecule has 2 aromatic rings. The number of carbonyl (C=O) groups excluding carboxylic acids is 1. The van der Waals surface area contributed by atoms with Gasteiger partial charge in [-0.25, -0.2) is 4.79 Å². The molecule has 0 radical (unpaired) electrons. The van der Waals surface area contributed by atoms with Gasteiger partial charge in [-0.15, -0.1) is 11.3 Å². The van der Waals surface area contributed by atoms with Gasteiger partial charge in [0.25, 0.3) is 0 Å². The van der Waals surface area contributed by atoms with E-state index in [4.69, 9.17) is 10.5 Å². The molecule has 15 heavy (non-hydrogen) atoms. The van der Waals surface area contributed by atoms with Gasteiger partial charge in [0, 0.05) is 10.4 Å². The highest BCUT2D eigenvalue weighted by Crippen LogP contribution is 2.32. The number of primary amides is 1. The number of thiophene rings is 1. The molecule has 0 bridgehead atoms. The first-order valence-electron chi connectivity index (χ1n) is 4.37. The molecule has 0 saturated carbocycles. The fourth-order valence-electron chi connectivity index (χ4n) is 1.30. The van der Waals surface area contributed by atoms with Gasteiger partial charge in [0.05, 0.1) is 0 Å². The van der Waals surface area contributed by atoms with Crippen LogP contribution in [0.1, 0.15) is 0 Å². The second-order valence-corrected chi connectivity index (χ2v) is 3.84. The molecule has 0 spiro atoms. The molecule has 0 fully saturated rings. The molecule has 0 atom stereocenters. The first-order valence-corrected chi connectivity index (χ1v) is 5.25. The third-order valence-electron chi connectivity index (χ3n) is 1.88. The number of ether oxygens (including phenoxy) is 1. The standard InChI is InChI=1S/C11H9NO2S/c12-11(13)14-9-5-2-1-4-8(9)10-6-3-7-15-10/h1-7H,(H2,12,13). The number of nitrogens with two attached hydrogens (primary N) is 1. The number of rotatable bonds is 2. The van der Waals surface area contributed by atoms with Crippen molar-refractivity contribution in [2.24, 2.45) is 5.73 Å². The molecule has 0 aliphatic heterocycles. The van der Waals surface area contributed by atoms with E-state index in [-0.39, 0.29) is 0 Å². The quantitative estimate of drug-likeness (QED) is 0.844. The van der Waals surface area contributed by atoms with Gasteiger partial charge in [-0.3, -0.25) is 0 Å². The van der Waals surface area contributed by atoms with Crippen molar-refractivity contribution in [3.8, 4) is 16.2 Å². The van der Waals surface area contributed by atoms with Crippen LogP contribution in [0.15, 0.2) is 41.8 Å². The van der Waals surface area contributed by atoms with Gasteiger partial charge in [0.2, 0.25) is 0 Å². The Hall–Kier alpha value is -1.81. The van der Waals surface area contributed by atoms with Crippen LogP contribution in [0.5, 0.6) is 5.75 Å². The van der Waals surface area contributed by atoms with Crippen LogP contribution in [0.4, 0.5) is 4.79 Å². The Bertz CT molecular complexity index is 465. The van der Waals surface area contributed by atoms with Crippen molar-refractivity contribution >= 4 is 17.4 Å². The molecule has 1 aromatic carbocycles. The summed E-state index contributed by atoms with van der Waals surface area (Å²) in [5.74, 6) is 0.493. The van der Waals surface area contributed by atoms with Crippen LogP contribution in [-0.4, -0.2) is 6.09 Å². The van der Waals surface area contributed by atoms with Gasteiger partial charge >= 0.3 is 6.09 Å². The average molecular weight is 219 g/mol. The number of benzene rings is 1. The van der Waals surface area contributed by atoms with E-state index in [0.717, 1.165) is 10.4 Å². The largest absolute Gasteiger partial charge is 0.410 e. The van der Waals surface area contributed by atoms with Crippen molar-refractivity contribution in [2.75, 3.05) is 0 Å². The zero-order valence-electron chi connectivity index (χ0n) is 7.84. The van der Waals surface area contributed by atoms with E-state index in [1.165, 1.54) is 0 Å². The van der Waals surface area contributed by atoms with Crippen LogP contribution >= 0.6 is 11.3 Å². The van der Waals surface area contributed by atoms with Crippen LogP contribution in [0.2, 0.25) is 0 Å². The second-order valence-electron chi connectivity index (χ2n) is 2.89. The first-order chi connectivity index (χ1) is 7.27. The Kier molecular flexibility index (Phi) is 2.69. The van der Waals surface area contributed by atoms with Crippen molar-refractivity contribution in [3.05, 3.63) is 41.8 Å². The minimum absolute atomic E-state index is 0.493. The Morgan fingerprint density at radius 2 is 2.00 bits per heavy atom. The van der Waals surface area contributed by atoms with Crippen LogP contribution in [-0.2, 0) is 0 Å². The molecular weight excluding hydrogens is 210 g/mol. The Labute approximate surface area is 91.1 Å². The fraction of sp³-hybridized carbons (Fsp3) is 0. The average Bonchev–Trinajstić information content (AvgIpc) is 2.70. The molecule has 3 nitrogen and oxygen atoms in total. The van der Waals surface area contributed by atoms with Crippen LogP contribution < -0.4 is 10.5 Å². The lowest BCUT2D eigenvalue weighted by molar-refractivity contribution is 0.211. The molecule has 1 amide bonds. The maximum atomic E-state index is 10.7. The molecule has 4 heteroatoms. The second kappa shape index (κ2) is 4.14. The number of para-hydroxylation sites is 1. The van der Waals surface area contributed by atoms with E-state index in [2.05, 4.69) is 0 Å². The number of hydrogen-bond donors (Lipinski definition) is 1. The highest BCUT2D eigenvalue weighted by molar-refractivity contribution is 7.13. The summed E-state index contributed by atoms with van der Waals surface area (Å²) in [5, 5.41) is 1.97. The van der Waals surface area contributed by atoms with E-state index in [1.807, 2.05) is 29.6 Å². The van der Waals surface area contributed by atoms with E-state index in [1.54, 1.807) is 23.5 Å². The maximum Gasteiger partial charge on any atom is 0.409 e. The fourth-order valence-corrected chi connectivity index (χ4v) is 2.06. The molecule has 2 rings (SSSR count). The summed E-state index contributed by atoms with van der Waals surface area (Å²) in [6, 6.07) is 11.2. The van der Waals surface area contributed by atoms with Crippen molar-refractivity contribution in [1.82, 2.24) is 0 Å². The predicted molar refractivity (Wildman–Crippen MR) is 60.0 cm³/mol. The van der Waals surface area contributed by atoms with Crippen molar-refractivity contribution in [1.29, 1.82) is 0 Å². The van der Waals surface area contributed by atoms with Gasteiger partial charge in [-0.05, 0) is 23.6 Å². The summed E-state index contributed by atoms with van der Waals surface area (Å²) >= 11 is 1.59. The molecule has 0 aliphatic rings. The van der Waals surface area contributed by atoms with Crippen LogP contribution in [0.25, 0.3) is 10.4 Å². The Morgan fingerprint density at radius 3 is 2.67 bits per heavy atom. The topological polar surface area (TPSA) is 52.3 Å². The molecule has 0 aliphatic carbocycles. The Balaban J connectivity index is 2.42. The van der Waals surface area contributed by atoms with E-state index in [0.29, 0.717) is 5.75 Å². The SMILES string of the molecule is NC(=O)Oc1ccccc1-c1cccs1. The van der Waals surface area contributed by atoms with E-state index >= 15 is 0 Å². The Morgan fingerprint density at radius 1 is 1.20 bits per heavy atom. The number of carbonyl (C=O) groups is 1. The smallest absolute Gasteiger partial charge is 0.409 e. The predicted octanol–water partition coefficient (Wildman–Crippen LogP) is 2.87. The number of amides is 1. The highest BCUT2D eigenvalue weighted by atomic mass is 32.1. The normalized spacial score (nSPS) is 9.87. The zero-order valence-corrected chi connectivity index (χ0v) is 8.66. The third kappa shape index (κ3) is 2.16. The third-order valence-corrected chi connectivity index (χ3v) is 2.79. The van der Waals surface area contributed by atoms with Crippen molar-refractivity contribution in [3.63, 3.8) is 0 Å².